The first-order valence-electron chi connectivity index (χ1n) is 6.19. The van der Waals surface area contributed by atoms with Gasteiger partial charge in [-0.15, -0.1) is 0 Å². The topological polar surface area (TPSA) is 59.1 Å². The van der Waals surface area contributed by atoms with Crippen molar-refractivity contribution in [3.05, 3.63) is 17.5 Å². The van der Waals surface area contributed by atoms with Gasteiger partial charge in [-0.25, -0.2) is 0 Å². The highest BCUT2D eigenvalue weighted by Crippen LogP contribution is 2.08. The summed E-state index contributed by atoms with van der Waals surface area (Å²) >= 11 is 0. The van der Waals surface area contributed by atoms with Crippen molar-refractivity contribution in [3.8, 4) is 0 Å². The van der Waals surface area contributed by atoms with E-state index >= 15 is 0 Å². The van der Waals surface area contributed by atoms with Crippen LogP contribution in [-0.4, -0.2) is 41.4 Å². The zero-order chi connectivity index (χ0) is 12.8. The van der Waals surface area contributed by atoms with Gasteiger partial charge in [-0.05, 0) is 39.5 Å². The van der Waals surface area contributed by atoms with Gasteiger partial charge in [0.05, 0.1) is 5.69 Å². The van der Waals surface area contributed by atoms with Gasteiger partial charge in [0.15, 0.2) is 0 Å². The number of aryl methyl sites for hydroxylation is 2. The van der Waals surface area contributed by atoms with Crippen LogP contribution in [0.25, 0.3) is 0 Å². The molecule has 0 amide bonds. The van der Waals surface area contributed by atoms with Gasteiger partial charge in [0, 0.05) is 25.2 Å². The van der Waals surface area contributed by atoms with E-state index in [2.05, 4.69) is 42.5 Å². The van der Waals surface area contributed by atoms with Crippen LogP contribution in [0.4, 0.5) is 0 Å². The average Bonchev–Trinajstić information content (AvgIpc) is 2.65. The summed E-state index contributed by atoms with van der Waals surface area (Å²) in [5.41, 5.74) is 5.28. The number of rotatable bonds is 7. The van der Waals surface area contributed by atoms with E-state index in [1.54, 1.807) is 0 Å². The number of aromatic nitrogens is 2. The summed E-state index contributed by atoms with van der Waals surface area (Å²) in [6.07, 6.45) is 2.94. The zero-order valence-corrected chi connectivity index (χ0v) is 11.4. The Labute approximate surface area is 104 Å². The highest BCUT2D eigenvalue weighted by atomic mass is 15.3. The van der Waals surface area contributed by atoms with E-state index in [0.29, 0.717) is 6.04 Å². The third-order valence-corrected chi connectivity index (χ3v) is 3.01. The maximum atomic E-state index is 5.60. The SMILES string of the molecule is CCc1cc(CC(CCN(C)C)NN)n(C)n1. The number of nitrogens with two attached hydrogens (primary N) is 1. The molecule has 0 aromatic carbocycles. The molecule has 0 spiro atoms. The Balaban J connectivity index is 2.57. The molecule has 17 heavy (non-hydrogen) atoms. The molecule has 98 valence electrons. The van der Waals surface area contributed by atoms with E-state index in [9.17, 15) is 0 Å². The minimum atomic E-state index is 0.303. The van der Waals surface area contributed by atoms with Gasteiger partial charge in [-0.3, -0.25) is 16.0 Å². The minimum absolute atomic E-state index is 0.303. The lowest BCUT2D eigenvalue weighted by Crippen LogP contribution is -2.39. The maximum Gasteiger partial charge on any atom is 0.0624 e. The van der Waals surface area contributed by atoms with Gasteiger partial charge in [0.2, 0.25) is 0 Å². The minimum Gasteiger partial charge on any atom is -0.309 e. The molecule has 1 aromatic rings. The Hall–Kier alpha value is -0.910. The molecule has 0 saturated heterocycles. The Bertz CT molecular complexity index is 332. The summed E-state index contributed by atoms with van der Waals surface area (Å²) in [6, 6.07) is 2.47. The van der Waals surface area contributed by atoms with Crippen molar-refractivity contribution in [3.63, 3.8) is 0 Å². The Morgan fingerprint density at radius 1 is 1.53 bits per heavy atom. The lowest BCUT2D eigenvalue weighted by molar-refractivity contribution is 0.356. The maximum absolute atomic E-state index is 5.60. The summed E-state index contributed by atoms with van der Waals surface area (Å²) in [6.45, 7) is 3.16. The summed E-state index contributed by atoms with van der Waals surface area (Å²) < 4.78 is 1.96. The standard InChI is InChI=1S/C12H25N5/c1-5-10-8-12(17(4)15-10)9-11(14-13)6-7-16(2)3/h8,11,14H,5-7,9,13H2,1-4H3. The molecule has 0 aliphatic heterocycles. The van der Waals surface area contributed by atoms with E-state index in [0.717, 1.165) is 31.5 Å². The normalized spacial score (nSPS) is 13.3. The highest BCUT2D eigenvalue weighted by molar-refractivity contribution is 5.11. The smallest absolute Gasteiger partial charge is 0.0624 e. The zero-order valence-electron chi connectivity index (χ0n) is 11.4. The van der Waals surface area contributed by atoms with Gasteiger partial charge < -0.3 is 4.90 Å². The molecule has 0 bridgehead atoms. The molecule has 1 heterocycles. The number of hydrogen-bond acceptors (Lipinski definition) is 4. The molecule has 5 nitrogen and oxygen atoms in total. The average molecular weight is 239 g/mol. The molecule has 0 aliphatic rings. The fourth-order valence-corrected chi connectivity index (χ4v) is 1.85. The third kappa shape index (κ3) is 4.46. The number of hydrogen-bond donors (Lipinski definition) is 2. The molecular formula is C12H25N5. The quantitative estimate of drug-likeness (QED) is 0.531. The second-order valence-electron chi connectivity index (χ2n) is 4.76. The fraction of sp³-hybridized carbons (Fsp3) is 0.750. The lowest BCUT2D eigenvalue weighted by Gasteiger charge is -2.18. The van der Waals surface area contributed by atoms with Crippen molar-refractivity contribution < 1.29 is 0 Å². The summed E-state index contributed by atoms with van der Waals surface area (Å²) in [4.78, 5) is 2.17. The van der Waals surface area contributed by atoms with Crippen molar-refractivity contribution >= 4 is 0 Å². The van der Waals surface area contributed by atoms with Crippen LogP contribution in [0, 0.1) is 0 Å². The summed E-state index contributed by atoms with van der Waals surface area (Å²) in [5.74, 6) is 5.60. The first-order chi connectivity index (χ1) is 8.06. The predicted octanol–water partition coefficient (Wildman–Crippen LogP) is 0.309. The van der Waals surface area contributed by atoms with E-state index < -0.39 is 0 Å². The monoisotopic (exact) mass is 239 g/mol. The first kappa shape index (κ1) is 14.2. The Morgan fingerprint density at radius 2 is 2.24 bits per heavy atom. The molecule has 0 saturated carbocycles. The molecule has 1 unspecified atom stereocenters. The van der Waals surface area contributed by atoms with Crippen molar-refractivity contribution in [2.75, 3.05) is 20.6 Å². The lowest BCUT2D eigenvalue weighted by atomic mass is 10.1. The Kier molecular flexibility index (Phi) is 5.61. The first-order valence-corrected chi connectivity index (χ1v) is 6.19. The van der Waals surface area contributed by atoms with Gasteiger partial charge in [-0.1, -0.05) is 6.92 Å². The molecule has 0 aliphatic carbocycles. The van der Waals surface area contributed by atoms with Gasteiger partial charge in [-0.2, -0.15) is 5.10 Å². The van der Waals surface area contributed by atoms with Gasteiger partial charge in [0.25, 0.3) is 0 Å². The van der Waals surface area contributed by atoms with Crippen LogP contribution in [0.3, 0.4) is 0 Å². The van der Waals surface area contributed by atoms with Crippen LogP contribution in [-0.2, 0) is 19.9 Å². The van der Waals surface area contributed by atoms with E-state index in [-0.39, 0.29) is 0 Å². The largest absolute Gasteiger partial charge is 0.309 e. The second-order valence-corrected chi connectivity index (χ2v) is 4.76. The van der Waals surface area contributed by atoms with Crippen molar-refractivity contribution in [1.29, 1.82) is 0 Å². The van der Waals surface area contributed by atoms with Crippen molar-refractivity contribution in [1.82, 2.24) is 20.1 Å². The molecule has 0 fully saturated rings. The number of hydrazine groups is 1. The fourth-order valence-electron chi connectivity index (χ4n) is 1.85. The number of nitrogens with one attached hydrogen (secondary N) is 1. The molecule has 0 radical (unpaired) electrons. The van der Waals surface area contributed by atoms with E-state index in [1.807, 2.05) is 11.7 Å². The van der Waals surface area contributed by atoms with Crippen molar-refractivity contribution in [2.24, 2.45) is 12.9 Å². The molecule has 5 heteroatoms. The predicted molar refractivity (Wildman–Crippen MR) is 70.6 cm³/mol. The van der Waals surface area contributed by atoms with Crippen LogP contribution in [0.5, 0.6) is 0 Å². The van der Waals surface area contributed by atoms with Crippen molar-refractivity contribution in [2.45, 2.75) is 32.2 Å². The van der Waals surface area contributed by atoms with Crippen LogP contribution >= 0.6 is 0 Å². The highest BCUT2D eigenvalue weighted by Gasteiger charge is 2.12. The van der Waals surface area contributed by atoms with Crippen LogP contribution in [0.1, 0.15) is 24.7 Å². The summed E-state index contributed by atoms with van der Waals surface area (Å²) in [5, 5.41) is 4.45. The van der Waals surface area contributed by atoms with E-state index in [1.165, 1.54) is 5.69 Å². The Morgan fingerprint density at radius 3 is 2.71 bits per heavy atom. The molecule has 1 atom stereocenters. The van der Waals surface area contributed by atoms with Crippen LogP contribution in [0.15, 0.2) is 6.07 Å². The second kappa shape index (κ2) is 6.74. The third-order valence-electron chi connectivity index (χ3n) is 3.01. The van der Waals surface area contributed by atoms with Gasteiger partial charge >= 0.3 is 0 Å². The molecule has 1 aromatic heterocycles. The molecule has 1 rings (SSSR count). The van der Waals surface area contributed by atoms with Crippen LogP contribution in [0.2, 0.25) is 0 Å². The van der Waals surface area contributed by atoms with Gasteiger partial charge in [0.1, 0.15) is 0 Å². The molecular weight excluding hydrogens is 214 g/mol. The number of nitrogens with zero attached hydrogens (tertiary/aromatic N) is 3. The summed E-state index contributed by atoms with van der Waals surface area (Å²) in [7, 11) is 6.15. The van der Waals surface area contributed by atoms with Crippen LogP contribution < -0.4 is 11.3 Å². The van der Waals surface area contributed by atoms with E-state index in [4.69, 9.17) is 5.84 Å². The molecule has 3 N–H and O–H groups in total.